The lowest BCUT2D eigenvalue weighted by Crippen LogP contribution is -2.35. The first kappa shape index (κ1) is 24.5. The average molecular weight is 491 g/mol. The van der Waals surface area contributed by atoms with Crippen LogP contribution < -0.4 is 15.4 Å². The van der Waals surface area contributed by atoms with E-state index in [-0.39, 0.29) is 29.3 Å². The minimum atomic E-state index is -1.00. The molecule has 33 heavy (non-hydrogen) atoms. The first-order chi connectivity index (χ1) is 15.8. The van der Waals surface area contributed by atoms with E-state index >= 15 is 0 Å². The van der Waals surface area contributed by atoms with Gasteiger partial charge in [-0.3, -0.25) is 9.59 Å². The molecule has 0 radical (unpaired) electrons. The van der Waals surface area contributed by atoms with E-state index in [2.05, 4.69) is 10.6 Å². The Morgan fingerprint density at radius 2 is 1.82 bits per heavy atom. The molecular weight excluding hydrogens is 470 g/mol. The van der Waals surface area contributed by atoms with Crippen molar-refractivity contribution in [2.45, 2.75) is 13.0 Å². The highest BCUT2D eigenvalue weighted by Gasteiger charge is 2.15. The van der Waals surface area contributed by atoms with Crippen LogP contribution in [0.5, 0.6) is 5.75 Å². The maximum absolute atomic E-state index is 13.9. The molecule has 172 valence electrons. The number of ether oxygens (including phenoxy) is 1. The number of hydrogen-bond acceptors (Lipinski definition) is 4. The molecule has 0 spiro atoms. The maximum Gasteiger partial charge on any atom is 0.258 e. The van der Waals surface area contributed by atoms with Gasteiger partial charge in [0.1, 0.15) is 29.3 Å². The van der Waals surface area contributed by atoms with Crippen LogP contribution in [0.25, 0.3) is 0 Å². The van der Waals surface area contributed by atoms with Crippen molar-refractivity contribution in [1.29, 1.82) is 0 Å². The Hall–Kier alpha value is -3.13. The second kappa shape index (κ2) is 11.1. The zero-order chi connectivity index (χ0) is 24.0. The second-order valence-electron chi connectivity index (χ2n) is 7.19. The van der Waals surface area contributed by atoms with Crippen LogP contribution in [0, 0.1) is 12.7 Å². The van der Waals surface area contributed by atoms with E-state index in [0.717, 1.165) is 0 Å². The van der Waals surface area contributed by atoms with Crippen LogP contribution in [-0.2, 0) is 0 Å². The molecule has 6 nitrogen and oxygen atoms in total. The second-order valence-corrected chi connectivity index (χ2v) is 7.98. The van der Waals surface area contributed by atoms with Crippen molar-refractivity contribution in [1.82, 2.24) is 5.32 Å². The normalized spacial score (nSPS) is 11.5. The van der Waals surface area contributed by atoms with Crippen molar-refractivity contribution in [3.05, 3.63) is 93.2 Å². The number of aliphatic hydroxyl groups excluding tert-OH is 1. The summed E-state index contributed by atoms with van der Waals surface area (Å²) in [6.45, 7) is 1.56. The van der Waals surface area contributed by atoms with Gasteiger partial charge in [-0.05, 0) is 48.9 Å². The Balaban J connectivity index is 1.58. The molecule has 3 aromatic carbocycles. The SMILES string of the molecule is Cc1ccc(C(=O)NCC(O)COc2cccc(Cl)c2Cl)cc1NC(=O)c1ccccc1F. The fourth-order valence-electron chi connectivity index (χ4n) is 2.89. The zero-order valence-electron chi connectivity index (χ0n) is 17.6. The Labute approximate surface area is 200 Å². The third kappa shape index (κ3) is 6.44. The van der Waals surface area contributed by atoms with E-state index in [4.69, 9.17) is 27.9 Å². The predicted octanol–water partition coefficient (Wildman–Crippen LogP) is 4.86. The molecule has 1 atom stereocenters. The van der Waals surface area contributed by atoms with Crippen LogP contribution in [-0.4, -0.2) is 36.2 Å². The number of aliphatic hydroxyl groups is 1. The summed E-state index contributed by atoms with van der Waals surface area (Å²) in [4.78, 5) is 24.9. The summed E-state index contributed by atoms with van der Waals surface area (Å²) in [7, 11) is 0. The monoisotopic (exact) mass is 490 g/mol. The first-order valence-electron chi connectivity index (χ1n) is 9.96. The maximum atomic E-state index is 13.9. The minimum absolute atomic E-state index is 0.0815. The fourth-order valence-corrected chi connectivity index (χ4v) is 3.23. The van der Waals surface area contributed by atoms with Crippen LogP contribution in [0.3, 0.4) is 0 Å². The number of amides is 2. The highest BCUT2D eigenvalue weighted by molar-refractivity contribution is 6.42. The van der Waals surface area contributed by atoms with Crippen LogP contribution in [0.4, 0.5) is 10.1 Å². The van der Waals surface area contributed by atoms with Crippen molar-refractivity contribution in [3.8, 4) is 5.75 Å². The Bertz CT molecular complexity index is 1170. The lowest BCUT2D eigenvalue weighted by molar-refractivity contribution is 0.0843. The molecule has 0 saturated heterocycles. The molecule has 0 aliphatic carbocycles. The van der Waals surface area contributed by atoms with Gasteiger partial charge in [0.25, 0.3) is 11.8 Å². The molecule has 0 aromatic heterocycles. The highest BCUT2D eigenvalue weighted by Crippen LogP contribution is 2.31. The van der Waals surface area contributed by atoms with Crippen molar-refractivity contribution < 1.29 is 23.8 Å². The number of hydrogen-bond donors (Lipinski definition) is 3. The quantitative estimate of drug-likeness (QED) is 0.420. The average Bonchev–Trinajstić information content (AvgIpc) is 2.80. The van der Waals surface area contributed by atoms with Crippen LogP contribution >= 0.6 is 23.2 Å². The molecule has 3 rings (SSSR count). The number of benzene rings is 3. The molecule has 2 amide bonds. The number of rotatable bonds is 8. The molecule has 0 aliphatic heterocycles. The number of nitrogens with one attached hydrogen (secondary N) is 2. The molecule has 0 aliphatic rings. The van der Waals surface area contributed by atoms with E-state index in [0.29, 0.717) is 22.0 Å². The van der Waals surface area contributed by atoms with Crippen molar-refractivity contribution in [3.63, 3.8) is 0 Å². The topological polar surface area (TPSA) is 87.7 Å². The molecule has 0 fully saturated rings. The Kier molecular flexibility index (Phi) is 8.27. The van der Waals surface area contributed by atoms with E-state index in [1.807, 2.05) is 0 Å². The minimum Gasteiger partial charge on any atom is -0.489 e. The third-order valence-electron chi connectivity index (χ3n) is 4.71. The first-order valence-corrected chi connectivity index (χ1v) is 10.7. The summed E-state index contributed by atoms with van der Waals surface area (Å²) in [5.74, 6) is -1.41. The molecule has 3 N–H and O–H groups in total. The smallest absolute Gasteiger partial charge is 0.258 e. The molecule has 0 heterocycles. The van der Waals surface area contributed by atoms with Gasteiger partial charge in [-0.15, -0.1) is 0 Å². The molecule has 0 saturated carbocycles. The Morgan fingerprint density at radius 3 is 2.58 bits per heavy atom. The van der Waals surface area contributed by atoms with Gasteiger partial charge < -0.3 is 20.5 Å². The van der Waals surface area contributed by atoms with Crippen molar-refractivity contribution >= 4 is 40.7 Å². The number of aryl methyl sites for hydroxylation is 1. The number of carbonyl (C=O) groups is 2. The number of anilines is 1. The van der Waals surface area contributed by atoms with Crippen molar-refractivity contribution in [2.24, 2.45) is 0 Å². The van der Waals surface area contributed by atoms with Crippen molar-refractivity contribution in [2.75, 3.05) is 18.5 Å². The van der Waals surface area contributed by atoms with Crippen LogP contribution in [0.2, 0.25) is 10.0 Å². The largest absolute Gasteiger partial charge is 0.489 e. The summed E-state index contributed by atoms with van der Waals surface area (Å²) in [5.41, 5.74) is 1.23. The zero-order valence-corrected chi connectivity index (χ0v) is 19.1. The molecule has 3 aromatic rings. The number of halogens is 3. The lowest BCUT2D eigenvalue weighted by atomic mass is 10.1. The third-order valence-corrected chi connectivity index (χ3v) is 5.51. The van der Waals surface area contributed by atoms with Gasteiger partial charge in [0, 0.05) is 17.8 Å². The molecular formula is C24H21Cl2FN2O4. The van der Waals surface area contributed by atoms with E-state index in [1.54, 1.807) is 43.3 Å². The number of carbonyl (C=O) groups excluding carboxylic acids is 2. The summed E-state index contributed by atoms with van der Waals surface area (Å²) in [5, 5.41) is 15.9. The summed E-state index contributed by atoms with van der Waals surface area (Å²) < 4.78 is 19.3. The van der Waals surface area contributed by atoms with E-state index in [9.17, 15) is 19.1 Å². The lowest BCUT2D eigenvalue weighted by Gasteiger charge is -2.15. The van der Waals surface area contributed by atoms with Gasteiger partial charge in [0.2, 0.25) is 0 Å². The van der Waals surface area contributed by atoms with Gasteiger partial charge in [-0.25, -0.2) is 4.39 Å². The molecule has 1 unspecified atom stereocenters. The summed E-state index contributed by atoms with van der Waals surface area (Å²) in [6, 6.07) is 15.2. The van der Waals surface area contributed by atoms with Gasteiger partial charge in [0.15, 0.2) is 0 Å². The molecule has 9 heteroatoms. The standard InChI is InChI=1S/C24H21Cl2FN2O4/c1-14-9-10-15(11-20(14)29-24(32)17-5-2-3-7-19(17)27)23(31)28-12-16(30)13-33-21-8-4-6-18(25)22(21)26/h2-11,16,30H,12-13H2,1H3,(H,28,31)(H,29,32). The van der Waals surface area contributed by atoms with Crippen LogP contribution in [0.1, 0.15) is 26.3 Å². The Morgan fingerprint density at radius 1 is 1.06 bits per heavy atom. The van der Waals surface area contributed by atoms with E-state index in [1.165, 1.54) is 24.3 Å². The fraction of sp³-hybridized carbons (Fsp3) is 0.167. The van der Waals surface area contributed by atoms with Gasteiger partial charge in [0.05, 0.1) is 10.6 Å². The van der Waals surface area contributed by atoms with Gasteiger partial charge in [-0.2, -0.15) is 0 Å². The van der Waals surface area contributed by atoms with Gasteiger partial charge >= 0.3 is 0 Å². The van der Waals surface area contributed by atoms with Gasteiger partial charge in [-0.1, -0.05) is 47.5 Å². The summed E-state index contributed by atoms with van der Waals surface area (Å²) >= 11 is 12.0. The highest BCUT2D eigenvalue weighted by atomic mass is 35.5. The summed E-state index contributed by atoms with van der Waals surface area (Å²) in [6.07, 6.45) is -1.00. The van der Waals surface area contributed by atoms with Crippen LogP contribution in [0.15, 0.2) is 60.7 Å². The predicted molar refractivity (Wildman–Crippen MR) is 126 cm³/mol. The van der Waals surface area contributed by atoms with E-state index < -0.39 is 23.7 Å². The molecule has 0 bridgehead atoms.